The molecule has 1 aliphatic rings. The average molecular weight is 257 g/mol. The lowest BCUT2D eigenvalue weighted by Crippen LogP contribution is -2.31. The Hall–Kier alpha value is -2.05. The number of hydrogen-bond acceptors (Lipinski definition) is 3. The second-order valence-electron chi connectivity index (χ2n) is 3.87. The molecule has 1 fully saturated rings. The molecule has 1 aromatic carbocycles. The van der Waals surface area contributed by atoms with Crippen LogP contribution in [-0.4, -0.2) is 37.2 Å². The van der Waals surface area contributed by atoms with Crippen molar-refractivity contribution in [2.45, 2.75) is 0 Å². The molecule has 1 aromatic rings. The third kappa shape index (κ3) is 2.61. The zero-order chi connectivity index (χ0) is 13.1. The van der Waals surface area contributed by atoms with Crippen molar-refractivity contribution in [1.82, 2.24) is 10.2 Å². The van der Waals surface area contributed by atoms with Gasteiger partial charge in [0.15, 0.2) is 11.6 Å². The van der Waals surface area contributed by atoms with Gasteiger partial charge in [-0.2, -0.15) is 0 Å². The second kappa shape index (κ2) is 5.07. The van der Waals surface area contributed by atoms with Crippen LogP contribution in [0.2, 0.25) is 0 Å². The molecule has 0 unspecified atom stereocenters. The first-order chi connectivity index (χ1) is 8.58. The summed E-state index contributed by atoms with van der Waals surface area (Å²) < 4.78 is 31.5. The lowest BCUT2D eigenvalue weighted by molar-refractivity contribution is 0.201. The van der Waals surface area contributed by atoms with Gasteiger partial charge in [0.05, 0.1) is 12.2 Å². The van der Waals surface area contributed by atoms with E-state index in [1.54, 1.807) is 0 Å². The molecule has 0 atom stereocenters. The monoisotopic (exact) mass is 257 g/mol. The number of carbonyl (C=O) groups is 1. The SMILES string of the molecule is Nc1cc(F)c(OCCN2CCNC2=O)cc1F. The number of benzene rings is 1. The average Bonchev–Trinajstić information content (AvgIpc) is 2.72. The van der Waals surface area contributed by atoms with E-state index >= 15 is 0 Å². The van der Waals surface area contributed by atoms with Gasteiger partial charge in [-0.25, -0.2) is 13.6 Å². The number of amides is 2. The third-order valence-electron chi connectivity index (χ3n) is 2.62. The van der Waals surface area contributed by atoms with Gasteiger partial charge in [-0.15, -0.1) is 0 Å². The van der Waals surface area contributed by atoms with Gasteiger partial charge < -0.3 is 20.7 Å². The van der Waals surface area contributed by atoms with Crippen LogP contribution in [0.4, 0.5) is 19.3 Å². The Kier molecular flexibility index (Phi) is 3.50. The van der Waals surface area contributed by atoms with Crippen molar-refractivity contribution in [3.8, 4) is 5.75 Å². The largest absolute Gasteiger partial charge is 0.489 e. The maximum absolute atomic E-state index is 13.3. The zero-order valence-electron chi connectivity index (χ0n) is 9.58. The first-order valence-electron chi connectivity index (χ1n) is 5.48. The first-order valence-corrected chi connectivity index (χ1v) is 5.48. The summed E-state index contributed by atoms with van der Waals surface area (Å²) in [4.78, 5) is 12.7. The van der Waals surface area contributed by atoms with E-state index in [1.165, 1.54) is 4.90 Å². The molecule has 0 spiro atoms. The molecule has 98 valence electrons. The van der Waals surface area contributed by atoms with Crippen LogP contribution in [0.3, 0.4) is 0 Å². The summed E-state index contributed by atoms with van der Waals surface area (Å²) in [5, 5.41) is 2.63. The number of carbonyl (C=O) groups excluding carboxylic acids is 1. The van der Waals surface area contributed by atoms with Crippen molar-refractivity contribution in [1.29, 1.82) is 0 Å². The molecule has 1 heterocycles. The number of urea groups is 1. The Labute approximate surface area is 103 Å². The fourth-order valence-corrected chi connectivity index (χ4v) is 1.64. The van der Waals surface area contributed by atoms with Crippen LogP contribution in [0, 0.1) is 11.6 Å². The van der Waals surface area contributed by atoms with Crippen LogP contribution < -0.4 is 15.8 Å². The minimum atomic E-state index is -0.731. The lowest BCUT2D eigenvalue weighted by atomic mass is 10.3. The number of nitrogen functional groups attached to an aromatic ring is 1. The lowest BCUT2D eigenvalue weighted by Gasteiger charge is -2.15. The highest BCUT2D eigenvalue weighted by atomic mass is 19.1. The number of hydrogen-bond donors (Lipinski definition) is 2. The molecule has 5 nitrogen and oxygen atoms in total. The van der Waals surface area contributed by atoms with Gasteiger partial charge in [0.2, 0.25) is 0 Å². The predicted octanol–water partition coefficient (Wildman–Crippen LogP) is 0.951. The minimum Gasteiger partial charge on any atom is -0.489 e. The van der Waals surface area contributed by atoms with Crippen LogP contribution in [0.1, 0.15) is 0 Å². The van der Waals surface area contributed by atoms with Gasteiger partial charge in [0.25, 0.3) is 0 Å². The van der Waals surface area contributed by atoms with Gasteiger partial charge in [0.1, 0.15) is 12.4 Å². The van der Waals surface area contributed by atoms with E-state index in [1.807, 2.05) is 0 Å². The molecule has 0 bridgehead atoms. The van der Waals surface area contributed by atoms with E-state index in [4.69, 9.17) is 10.5 Å². The van der Waals surface area contributed by atoms with Crippen molar-refractivity contribution in [3.63, 3.8) is 0 Å². The van der Waals surface area contributed by atoms with Crippen molar-refractivity contribution in [3.05, 3.63) is 23.8 Å². The van der Waals surface area contributed by atoms with E-state index in [-0.39, 0.29) is 24.1 Å². The smallest absolute Gasteiger partial charge is 0.317 e. The standard InChI is InChI=1S/C11H13F2N3O2/c12-7-6-10(8(13)5-9(7)14)18-4-3-16-2-1-15-11(16)17/h5-6H,1-4,14H2,(H,15,17). The van der Waals surface area contributed by atoms with Crippen LogP contribution >= 0.6 is 0 Å². The van der Waals surface area contributed by atoms with Crippen LogP contribution in [0.15, 0.2) is 12.1 Å². The van der Waals surface area contributed by atoms with Crippen LogP contribution in [0.25, 0.3) is 0 Å². The van der Waals surface area contributed by atoms with E-state index in [0.29, 0.717) is 19.6 Å². The second-order valence-corrected chi connectivity index (χ2v) is 3.87. The number of ether oxygens (including phenoxy) is 1. The van der Waals surface area contributed by atoms with E-state index in [9.17, 15) is 13.6 Å². The molecule has 1 aliphatic heterocycles. The molecular weight excluding hydrogens is 244 g/mol. The Morgan fingerprint density at radius 1 is 1.39 bits per heavy atom. The van der Waals surface area contributed by atoms with Crippen LogP contribution in [0.5, 0.6) is 5.75 Å². The number of rotatable bonds is 4. The Morgan fingerprint density at radius 2 is 2.17 bits per heavy atom. The van der Waals surface area contributed by atoms with Crippen molar-refractivity contribution < 1.29 is 18.3 Å². The van der Waals surface area contributed by atoms with Crippen LogP contribution in [-0.2, 0) is 0 Å². The number of nitrogens with one attached hydrogen (secondary N) is 1. The molecule has 1 saturated heterocycles. The Morgan fingerprint density at radius 3 is 2.83 bits per heavy atom. The molecule has 7 heteroatoms. The summed E-state index contributed by atoms with van der Waals surface area (Å²) in [6.45, 7) is 1.58. The molecule has 0 aromatic heterocycles. The third-order valence-corrected chi connectivity index (χ3v) is 2.62. The predicted molar refractivity (Wildman–Crippen MR) is 61.2 cm³/mol. The van der Waals surface area contributed by atoms with E-state index < -0.39 is 11.6 Å². The number of nitrogens with two attached hydrogens (primary N) is 1. The molecule has 0 aliphatic carbocycles. The molecule has 2 amide bonds. The summed E-state index contributed by atoms with van der Waals surface area (Å²) in [5.41, 5.74) is 4.94. The normalized spacial score (nSPS) is 14.8. The highest BCUT2D eigenvalue weighted by Crippen LogP contribution is 2.22. The van der Waals surface area contributed by atoms with Gasteiger partial charge in [-0.1, -0.05) is 0 Å². The first kappa shape index (κ1) is 12.4. The Balaban J connectivity index is 1.90. The van der Waals surface area contributed by atoms with Gasteiger partial charge in [-0.3, -0.25) is 0 Å². The number of anilines is 1. The molecule has 0 saturated carbocycles. The molecule has 2 rings (SSSR count). The summed E-state index contributed by atoms with van der Waals surface area (Å²) >= 11 is 0. The topological polar surface area (TPSA) is 67.6 Å². The fraction of sp³-hybridized carbons (Fsp3) is 0.364. The summed E-state index contributed by atoms with van der Waals surface area (Å²) in [5.74, 6) is -1.66. The van der Waals surface area contributed by atoms with Crippen molar-refractivity contribution in [2.75, 3.05) is 32.0 Å². The van der Waals surface area contributed by atoms with Gasteiger partial charge in [0, 0.05) is 25.2 Å². The summed E-state index contributed by atoms with van der Waals surface area (Å²) in [6, 6.07) is 1.59. The quantitative estimate of drug-likeness (QED) is 0.789. The molecule has 0 radical (unpaired) electrons. The molecule has 18 heavy (non-hydrogen) atoms. The highest BCUT2D eigenvalue weighted by molar-refractivity contribution is 5.76. The van der Waals surface area contributed by atoms with Crippen molar-refractivity contribution >= 4 is 11.7 Å². The van der Waals surface area contributed by atoms with E-state index in [0.717, 1.165) is 12.1 Å². The van der Waals surface area contributed by atoms with Gasteiger partial charge in [-0.05, 0) is 0 Å². The minimum absolute atomic E-state index is 0.0910. The zero-order valence-corrected chi connectivity index (χ0v) is 9.58. The maximum Gasteiger partial charge on any atom is 0.317 e. The summed E-state index contributed by atoms with van der Waals surface area (Å²) in [7, 11) is 0. The molecule has 3 N–H and O–H groups in total. The Bertz CT molecular complexity index is 468. The number of nitrogens with zero attached hydrogens (tertiary/aromatic N) is 1. The maximum atomic E-state index is 13.3. The van der Waals surface area contributed by atoms with E-state index in [2.05, 4.69) is 5.32 Å². The fourth-order valence-electron chi connectivity index (χ4n) is 1.64. The van der Waals surface area contributed by atoms with Gasteiger partial charge >= 0.3 is 6.03 Å². The van der Waals surface area contributed by atoms with Crippen molar-refractivity contribution in [2.24, 2.45) is 0 Å². The molecular formula is C11H13F2N3O2. The number of halogens is 2. The summed E-state index contributed by atoms with van der Waals surface area (Å²) in [6.07, 6.45) is 0. The highest BCUT2D eigenvalue weighted by Gasteiger charge is 2.19.